The number of hydrogen-bond acceptors (Lipinski definition) is 5. The second kappa shape index (κ2) is 9.21. The molecule has 1 aliphatic rings. The molecule has 0 radical (unpaired) electrons. The smallest absolute Gasteiger partial charge is 0.410 e. The second-order valence-electron chi connectivity index (χ2n) is 6.55. The van der Waals surface area contributed by atoms with Gasteiger partial charge >= 0.3 is 6.09 Å². The summed E-state index contributed by atoms with van der Waals surface area (Å²) < 4.78 is 10.2. The maximum absolute atomic E-state index is 12.6. The van der Waals surface area contributed by atoms with E-state index in [0.29, 0.717) is 38.2 Å². The standard InChI is InChI=1S/C21H25N3O4/c1-3-28-21(26)24-11-9-18-16(14-24)12-22-13-19(18)20(25)23-10-8-15-4-6-17(27-2)7-5-15/h4-7,12-13H,3,8-11,14H2,1-2H3,(H,23,25). The molecule has 1 N–H and O–H groups in total. The van der Waals surface area contributed by atoms with Gasteiger partial charge in [-0.25, -0.2) is 4.79 Å². The van der Waals surface area contributed by atoms with Crippen LogP contribution in [0.5, 0.6) is 5.75 Å². The Labute approximate surface area is 164 Å². The molecule has 1 aliphatic heterocycles. The van der Waals surface area contributed by atoms with Crippen LogP contribution in [0.2, 0.25) is 0 Å². The summed E-state index contributed by atoms with van der Waals surface area (Å²) in [5.41, 5.74) is 3.55. The summed E-state index contributed by atoms with van der Waals surface area (Å²) in [4.78, 5) is 30.4. The van der Waals surface area contributed by atoms with Crippen LogP contribution < -0.4 is 10.1 Å². The van der Waals surface area contributed by atoms with E-state index in [-0.39, 0.29) is 12.0 Å². The second-order valence-corrected chi connectivity index (χ2v) is 6.55. The molecular weight excluding hydrogens is 358 g/mol. The van der Waals surface area contributed by atoms with E-state index in [1.54, 1.807) is 31.3 Å². The van der Waals surface area contributed by atoms with Crippen molar-refractivity contribution in [3.05, 3.63) is 58.9 Å². The van der Waals surface area contributed by atoms with Crippen LogP contribution in [0, 0.1) is 0 Å². The third kappa shape index (κ3) is 4.60. The Kier molecular flexibility index (Phi) is 6.47. The summed E-state index contributed by atoms with van der Waals surface area (Å²) >= 11 is 0. The van der Waals surface area contributed by atoms with Crippen molar-refractivity contribution in [2.75, 3.05) is 26.8 Å². The highest BCUT2D eigenvalue weighted by Gasteiger charge is 2.25. The lowest BCUT2D eigenvalue weighted by molar-refractivity contribution is 0.0950. The minimum atomic E-state index is -0.331. The summed E-state index contributed by atoms with van der Waals surface area (Å²) in [6.07, 6.45) is 4.32. The molecular formula is C21H25N3O4. The lowest BCUT2D eigenvalue weighted by Crippen LogP contribution is -2.37. The maximum atomic E-state index is 12.6. The van der Waals surface area contributed by atoms with Gasteiger partial charge in [0.05, 0.1) is 25.8 Å². The Morgan fingerprint density at radius 3 is 2.71 bits per heavy atom. The first kappa shape index (κ1) is 19.7. The first-order valence-electron chi connectivity index (χ1n) is 9.41. The van der Waals surface area contributed by atoms with Crippen molar-refractivity contribution < 1.29 is 19.1 Å². The van der Waals surface area contributed by atoms with Gasteiger partial charge in [0.1, 0.15) is 5.75 Å². The minimum absolute atomic E-state index is 0.137. The number of nitrogens with one attached hydrogen (secondary N) is 1. The summed E-state index contributed by atoms with van der Waals surface area (Å²) in [7, 11) is 1.63. The number of fused-ring (bicyclic) bond motifs is 1. The van der Waals surface area contributed by atoms with Gasteiger partial charge in [0.25, 0.3) is 5.91 Å². The maximum Gasteiger partial charge on any atom is 0.410 e. The van der Waals surface area contributed by atoms with E-state index in [1.165, 1.54) is 0 Å². The van der Waals surface area contributed by atoms with Crippen molar-refractivity contribution in [3.63, 3.8) is 0 Å². The van der Waals surface area contributed by atoms with Crippen molar-refractivity contribution >= 4 is 12.0 Å². The highest BCUT2D eigenvalue weighted by molar-refractivity contribution is 5.95. The molecule has 0 fully saturated rings. The number of aromatic nitrogens is 1. The number of hydrogen-bond donors (Lipinski definition) is 1. The Morgan fingerprint density at radius 1 is 1.21 bits per heavy atom. The van der Waals surface area contributed by atoms with Crippen LogP contribution in [0.25, 0.3) is 0 Å². The Balaban J connectivity index is 1.60. The fourth-order valence-corrected chi connectivity index (χ4v) is 3.27. The molecule has 0 saturated heterocycles. The van der Waals surface area contributed by atoms with E-state index in [0.717, 1.165) is 28.9 Å². The molecule has 28 heavy (non-hydrogen) atoms. The monoisotopic (exact) mass is 383 g/mol. The fourth-order valence-electron chi connectivity index (χ4n) is 3.27. The third-order valence-electron chi connectivity index (χ3n) is 4.77. The van der Waals surface area contributed by atoms with Crippen LogP contribution in [0.3, 0.4) is 0 Å². The lowest BCUT2D eigenvalue weighted by atomic mass is 9.97. The number of pyridine rings is 1. The Bertz CT molecular complexity index is 836. The summed E-state index contributed by atoms with van der Waals surface area (Å²) in [5.74, 6) is 0.675. The zero-order chi connectivity index (χ0) is 19.9. The van der Waals surface area contributed by atoms with E-state index in [9.17, 15) is 9.59 Å². The van der Waals surface area contributed by atoms with Crippen LogP contribution in [0.1, 0.15) is 34.0 Å². The molecule has 2 amide bonds. The lowest BCUT2D eigenvalue weighted by Gasteiger charge is -2.28. The van der Waals surface area contributed by atoms with Gasteiger partial charge in [0.2, 0.25) is 0 Å². The van der Waals surface area contributed by atoms with Crippen molar-refractivity contribution in [2.24, 2.45) is 0 Å². The first-order valence-corrected chi connectivity index (χ1v) is 9.41. The van der Waals surface area contributed by atoms with E-state index in [4.69, 9.17) is 9.47 Å². The van der Waals surface area contributed by atoms with Gasteiger partial charge < -0.3 is 19.7 Å². The number of ether oxygens (including phenoxy) is 2. The van der Waals surface area contributed by atoms with Crippen molar-refractivity contribution in [3.8, 4) is 5.75 Å². The van der Waals surface area contributed by atoms with Gasteiger partial charge in [-0.05, 0) is 48.6 Å². The summed E-state index contributed by atoms with van der Waals surface area (Å²) in [5, 5.41) is 2.97. The molecule has 0 atom stereocenters. The Morgan fingerprint density at radius 2 is 2.00 bits per heavy atom. The van der Waals surface area contributed by atoms with Crippen molar-refractivity contribution in [1.29, 1.82) is 0 Å². The average molecular weight is 383 g/mol. The molecule has 7 heteroatoms. The highest BCUT2D eigenvalue weighted by atomic mass is 16.6. The van der Waals surface area contributed by atoms with Crippen LogP contribution in [-0.4, -0.2) is 48.7 Å². The van der Waals surface area contributed by atoms with E-state index in [2.05, 4.69) is 10.3 Å². The molecule has 1 aromatic heterocycles. The molecule has 148 valence electrons. The molecule has 3 rings (SSSR count). The van der Waals surface area contributed by atoms with Gasteiger partial charge in [0.15, 0.2) is 0 Å². The van der Waals surface area contributed by atoms with Crippen LogP contribution in [0.4, 0.5) is 4.79 Å². The van der Waals surface area contributed by atoms with E-state index >= 15 is 0 Å². The zero-order valence-corrected chi connectivity index (χ0v) is 16.2. The number of methoxy groups -OCH3 is 1. The number of benzene rings is 1. The highest BCUT2D eigenvalue weighted by Crippen LogP contribution is 2.22. The van der Waals surface area contributed by atoms with Crippen LogP contribution >= 0.6 is 0 Å². The van der Waals surface area contributed by atoms with E-state index < -0.39 is 0 Å². The average Bonchev–Trinajstić information content (AvgIpc) is 2.73. The molecule has 0 saturated carbocycles. The molecule has 1 aromatic carbocycles. The zero-order valence-electron chi connectivity index (χ0n) is 16.2. The number of nitrogens with zero attached hydrogens (tertiary/aromatic N) is 2. The summed E-state index contributed by atoms with van der Waals surface area (Å²) in [6.45, 7) is 3.60. The predicted octanol–water partition coefficient (Wildman–Crippen LogP) is 2.58. The molecule has 7 nitrogen and oxygen atoms in total. The van der Waals surface area contributed by atoms with Gasteiger partial charge in [0, 0.05) is 25.5 Å². The van der Waals surface area contributed by atoms with E-state index in [1.807, 2.05) is 24.3 Å². The normalized spacial score (nSPS) is 12.9. The largest absolute Gasteiger partial charge is 0.497 e. The van der Waals surface area contributed by atoms with Gasteiger partial charge in [-0.3, -0.25) is 9.78 Å². The quantitative estimate of drug-likeness (QED) is 0.829. The number of carbonyl (C=O) groups excluding carboxylic acids is 2. The summed E-state index contributed by atoms with van der Waals surface area (Å²) in [6, 6.07) is 7.79. The molecule has 0 bridgehead atoms. The minimum Gasteiger partial charge on any atom is -0.497 e. The topological polar surface area (TPSA) is 80.8 Å². The number of amides is 2. The van der Waals surface area contributed by atoms with Crippen molar-refractivity contribution in [1.82, 2.24) is 15.2 Å². The van der Waals surface area contributed by atoms with Gasteiger partial charge in [-0.15, -0.1) is 0 Å². The van der Waals surface area contributed by atoms with Crippen LogP contribution in [0.15, 0.2) is 36.7 Å². The van der Waals surface area contributed by atoms with Gasteiger partial charge in [-0.1, -0.05) is 12.1 Å². The number of rotatable bonds is 6. The van der Waals surface area contributed by atoms with Crippen molar-refractivity contribution in [2.45, 2.75) is 26.3 Å². The molecule has 2 aromatic rings. The molecule has 0 aliphatic carbocycles. The molecule has 0 spiro atoms. The first-order chi connectivity index (χ1) is 13.6. The molecule has 0 unspecified atom stereocenters. The Hall–Kier alpha value is -3.09. The SMILES string of the molecule is CCOC(=O)N1CCc2c(cncc2C(=O)NCCc2ccc(OC)cc2)C1. The molecule has 2 heterocycles. The van der Waals surface area contributed by atoms with Crippen LogP contribution in [-0.2, 0) is 24.1 Å². The number of carbonyl (C=O) groups is 2. The fraction of sp³-hybridized carbons (Fsp3) is 0.381. The van der Waals surface area contributed by atoms with Gasteiger partial charge in [-0.2, -0.15) is 0 Å². The third-order valence-corrected chi connectivity index (χ3v) is 4.77. The predicted molar refractivity (Wildman–Crippen MR) is 104 cm³/mol.